The molecule has 1 atom stereocenters. The molecule has 1 fully saturated rings. The minimum absolute atomic E-state index is 0.428. The van der Waals surface area contributed by atoms with Gasteiger partial charge in [0, 0.05) is 25.7 Å². The Labute approximate surface area is 115 Å². The number of hydrogen-bond acceptors (Lipinski definition) is 2. The molecule has 0 radical (unpaired) electrons. The van der Waals surface area contributed by atoms with Crippen LogP contribution in [0.25, 0.3) is 0 Å². The summed E-state index contributed by atoms with van der Waals surface area (Å²) in [4.78, 5) is 2.57. The van der Waals surface area contributed by atoms with Crippen molar-refractivity contribution in [1.29, 1.82) is 0 Å². The zero-order chi connectivity index (χ0) is 13.6. The molecule has 1 aliphatic carbocycles. The van der Waals surface area contributed by atoms with Crippen LogP contribution in [0.5, 0.6) is 0 Å². The number of hydrogen-bond donors (Lipinski definition) is 1. The normalized spacial score (nSPS) is 20.2. The molecule has 0 heterocycles. The number of rotatable bonds is 9. The lowest BCUT2D eigenvalue weighted by Gasteiger charge is -2.37. The minimum atomic E-state index is 0.428. The van der Waals surface area contributed by atoms with E-state index in [0.717, 1.165) is 12.5 Å². The molecule has 0 spiro atoms. The van der Waals surface area contributed by atoms with Gasteiger partial charge in [-0.15, -0.1) is 0 Å². The van der Waals surface area contributed by atoms with Gasteiger partial charge in [0.2, 0.25) is 0 Å². The molecule has 18 heavy (non-hydrogen) atoms. The van der Waals surface area contributed by atoms with Gasteiger partial charge in [-0.1, -0.05) is 40.5 Å². The molecule has 1 saturated carbocycles. The van der Waals surface area contributed by atoms with Crippen molar-refractivity contribution >= 4 is 0 Å². The molecular formula is C16H34N2. The van der Waals surface area contributed by atoms with Crippen LogP contribution in [0.4, 0.5) is 0 Å². The van der Waals surface area contributed by atoms with Gasteiger partial charge < -0.3 is 10.2 Å². The quantitative estimate of drug-likeness (QED) is 0.677. The van der Waals surface area contributed by atoms with Gasteiger partial charge in [-0.2, -0.15) is 0 Å². The fourth-order valence-electron chi connectivity index (χ4n) is 3.11. The lowest BCUT2D eigenvalue weighted by molar-refractivity contribution is 0.132. The first-order chi connectivity index (χ1) is 8.45. The molecule has 2 nitrogen and oxygen atoms in total. The van der Waals surface area contributed by atoms with Crippen LogP contribution in [0, 0.1) is 11.3 Å². The van der Waals surface area contributed by atoms with Crippen LogP contribution in [0.1, 0.15) is 59.8 Å². The van der Waals surface area contributed by atoms with Crippen LogP contribution in [0.15, 0.2) is 0 Å². The Morgan fingerprint density at radius 1 is 1.33 bits per heavy atom. The average molecular weight is 254 g/mol. The molecule has 1 aliphatic rings. The highest BCUT2D eigenvalue weighted by molar-refractivity contribution is 4.82. The van der Waals surface area contributed by atoms with Gasteiger partial charge in [0.05, 0.1) is 0 Å². The summed E-state index contributed by atoms with van der Waals surface area (Å²) < 4.78 is 0. The Kier molecular flexibility index (Phi) is 6.65. The monoisotopic (exact) mass is 254 g/mol. The maximum absolute atomic E-state index is 3.63. The van der Waals surface area contributed by atoms with E-state index in [4.69, 9.17) is 0 Å². The van der Waals surface area contributed by atoms with E-state index >= 15 is 0 Å². The zero-order valence-electron chi connectivity index (χ0n) is 13.3. The number of nitrogens with one attached hydrogen (secondary N) is 1. The summed E-state index contributed by atoms with van der Waals surface area (Å²) in [5.41, 5.74) is 0.428. The zero-order valence-corrected chi connectivity index (χ0v) is 13.3. The van der Waals surface area contributed by atoms with Crippen LogP contribution in [-0.2, 0) is 0 Å². The summed E-state index contributed by atoms with van der Waals surface area (Å²) in [6, 6.07) is 0.595. The molecule has 0 aromatic heterocycles. The van der Waals surface area contributed by atoms with Gasteiger partial charge in [-0.3, -0.25) is 0 Å². The van der Waals surface area contributed by atoms with Gasteiger partial charge in [0.15, 0.2) is 0 Å². The van der Waals surface area contributed by atoms with Crippen molar-refractivity contribution < 1.29 is 0 Å². The van der Waals surface area contributed by atoms with Gasteiger partial charge >= 0.3 is 0 Å². The van der Waals surface area contributed by atoms with E-state index in [-0.39, 0.29) is 0 Å². The second-order valence-corrected chi connectivity index (χ2v) is 7.09. The third-order valence-corrected chi connectivity index (χ3v) is 4.24. The third-order valence-electron chi connectivity index (χ3n) is 4.24. The highest BCUT2D eigenvalue weighted by Gasteiger charge is 2.27. The van der Waals surface area contributed by atoms with Crippen molar-refractivity contribution in [2.45, 2.75) is 65.8 Å². The fraction of sp³-hybridized carbons (Fsp3) is 1.00. The van der Waals surface area contributed by atoms with Crippen molar-refractivity contribution in [3.63, 3.8) is 0 Å². The van der Waals surface area contributed by atoms with E-state index in [0.29, 0.717) is 11.5 Å². The maximum atomic E-state index is 3.63. The molecule has 108 valence electrons. The first kappa shape index (κ1) is 16.0. The Morgan fingerprint density at radius 2 is 2.00 bits per heavy atom. The van der Waals surface area contributed by atoms with Crippen LogP contribution >= 0.6 is 0 Å². The molecule has 0 aromatic carbocycles. The van der Waals surface area contributed by atoms with Crippen LogP contribution in [0.2, 0.25) is 0 Å². The topological polar surface area (TPSA) is 15.3 Å². The van der Waals surface area contributed by atoms with Crippen molar-refractivity contribution in [2.24, 2.45) is 11.3 Å². The van der Waals surface area contributed by atoms with Crippen molar-refractivity contribution in [3.8, 4) is 0 Å². The summed E-state index contributed by atoms with van der Waals surface area (Å²) in [6.07, 6.45) is 6.98. The summed E-state index contributed by atoms with van der Waals surface area (Å²) in [6.45, 7) is 12.9. The van der Waals surface area contributed by atoms with Gasteiger partial charge in [-0.05, 0) is 37.6 Å². The predicted octanol–water partition coefficient (Wildman–Crippen LogP) is 3.52. The Hall–Kier alpha value is -0.0800. The van der Waals surface area contributed by atoms with Crippen molar-refractivity contribution in [1.82, 2.24) is 10.2 Å². The lowest BCUT2D eigenvalue weighted by atomic mass is 9.82. The lowest BCUT2D eigenvalue weighted by Crippen LogP contribution is -2.44. The largest absolute Gasteiger partial charge is 0.314 e. The standard InChI is InChI=1S/C16H34N2/c1-6-10-16(4,12-17-14(2)3)13-18(5)11-15-8-7-9-15/h14-15,17H,6-13H2,1-5H3. The summed E-state index contributed by atoms with van der Waals surface area (Å²) in [5, 5.41) is 3.63. The average Bonchev–Trinajstić information content (AvgIpc) is 2.21. The first-order valence-electron chi connectivity index (χ1n) is 7.87. The van der Waals surface area contributed by atoms with Gasteiger partial charge in [-0.25, -0.2) is 0 Å². The van der Waals surface area contributed by atoms with Gasteiger partial charge in [0.25, 0.3) is 0 Å². The van der Waals surface area contributed by atoms with E-state index in [1.807, 2.05) is 0 Å². The van der Waals surface area contributed by atoms with E-state index in [9.17, 15) is 0 Å². The molecule has 1 rings (SSSR count). The molecule has 2 heteroatoms. The minimum Gasteiger partial charge on any atom is -0.314 e. The van der Waals surface area contributed by atoms with Crippen molar-refractivity contribution in [3.05, 3.63) is 0 Å². The first-order valence-corrected chi connectivity index (χ1v) is 7.87. The second kappa shape index (κ2) is 7.49. The fourth-order valence-corrected chi connectivity index (χ4v) is 3.11. The summed E-state index contributed by atoms with van der Waals surface area (Å²) in [5.74, 6) is 0.985. The van der Waals surface area contributed by atoms with E-state index < -0.39 is 0 Å². The maximum Gasteiger partial charge on any atom is 0.00445 e. The van der Waals surface area contributed by atoms with E-state index in [1.54, 1.807) is 0 Å². The smallest absolute Gasteiger partial charge is 0.00445 e. The van der Waals surface area contributed by atoms with E-state index in [1.165, 1.54) is 45.2 Å². The summed E-state index contributed by atoms with van der Waals surface area (Å²) >= 11 is 0. The Morgan fingerprint density at radius 3 is 2.44 bits per heavy atom. The van der Waals surface area contributed by atoms with Crippen molar-refractivity contribution in [2.75, 3.05) is 26.7 Å². The Bertz CT molecular complexity index is 223. The molecule has 0 aromatic rings. The number of nitrogens with zero attached hydrogens (tertiary/aromatic N) is 1. The Balaban J connectivity index is 2.37. The third kappa shape index (κ3) is 5.71. The molecule has 1 N–H and O–H groups in total. The summed E-state index contributed by atoms with van der Waals surface area (Å²) in [7, 11) is 2.31. The SMILES string of the molecule is CCCC(C)(CNC(C)C)CN(C)CC1CCC1. The molecule has 0 saturated heterocycles. The van der Waals surface area contributed by atoms with Crippen LogP contribution in [-0.4, -0.2) is 37.6 Å². The highest BCUT2D eigenvalue weighted by Crippen LogP contribution is 2.29. The molecule has 0 amide bonds. The molecule has 1 unspecified atom stereocenters. The highest BCUT2D eigenvalue weighted by atomic mass is 15.1. The molecule has 0 bridgehead atoms. The second-order valence-electron chi connectivity index (χ2n) is 7.09. The van der Waals surface area contributed by atoms with Gasteiger partial charge in [0.1, 0.15) is 0 Å². The van der Waals surface area contributed by atoms with Crippen LogP contribution in [0.3, 0.4) is 0 Å². The van der Waals surface area contributed by atoms with E-state index in [2.05, 4.69) is 45.0 Å². The molecular weight excluding hydrogens is 220 g/mol. The predicted molar refractivity (Wildman–Crippen MR) is 81.0 cm³/mol. The van der Waals surface area contributed by atoms with Crippen LogP contribution < -0.4 is 5.32 Å². The molecule has 0 aliphatic heterocycles.